The van der Waals surface area contributed by atoms with E-state index in [1.54, 1.807) is 38.3 Å². The van der Waals surface area contributed by atoms with Gasteiger partial charge in [0.1, 0.15) is 0 Å². The largest absolute Gasteiger partial charge is 0.462 e. The van der Waals surface area contributed by atoms with Crippen LogP contribution in [0.15, 0.2) is 24.3 Å². The van der Waals surface area contributed by atoms with Gasteiger partial charge in [-0.15, -0.1) is 0 Å². The molecule has 110 valence electrons. The van der Waals surface area contributed by atoms with E-state index in [1.807, 2.05) is 0 Å². The zero-order valence-corrected chi connectivity index (χ0v) is 11.8. The van der Waals surface area contributed by atoms with Gasteiger partial charge in [-0.25, -0.2) is 9.59 Å². The fourth-order valence-electron chi connectivity index (χ4n) is 1.48. The van der Waals surface area contributed by atoms with Crippen LogP contribution in [0.1, 0.15) is 22.8 Å². The summed E-state index contributed by atoms with van der Waals surface area (Å²) in [5.74, 6) is -0.343. The number of urea groups is 1. The number of benzene rings is 1. The summed E-state index contributed by atoms with van der Waals surface area (Å²) in [6, 6.07) is 6.66. The summed E-state index contributed by atoms with van der Waals surface area (Å²) in [7, 11) is 1.57. The lowest BCUT2D eigenvalue weighted by atomic mass is 10.1. The molecule has 0 atom stereocenters. The summed E-state index contributed by atoms with van der Waals surface area (Å²) < 4.78 is 9.71. The van der Waals surface area contributed by atoms with Gasteiger partial charge in [-0.3, -0.25) is 0 Å². The van der Waals surface area contributed by atoms with Gasteiger partial charge in [0.25, 0.3) is 0 Å². The summed E-state index contributed by atoms with van der Waals surface area (Å²) in [5, 5.41) is 5.36. The van der Waals surface area contributed by atoms with Gasteiger partial charge in [-0.05, 0) is 24.6 Å². The van der Waals surface area contributed by atoms with Crippen molar-refractivity contribution in [1.29, 1.82) is 0 Å². The zero-order valence-electron chi connectivity index (χ0n) is 11.8. The molecule has 0 fully saturated rings. The molecule has 0 saturated carbocycles. The maximum Gasteiger partial charge on any atom is 0.338 e. The second-order valence-corrected chi connectivity index (χ2v) is 4.02. The summed E-state index contributed by atoms with van der Waals surface area (Å²) in [6.45, 7) is 3.44. The van der Waals surface area contributed by atoms with E-state index in [-0.39, 0.29) is 12.0 Å². The standard InChI is InChI=1S/C14H20N2O4/c1-3-20-13(17)12-6-4-11(5-7-12)10-16-14(18)15-8-9-19-2/h4-7H,3,8-10H2,1-2H3,(H2,15,16,18). The first-order valence-electron chi connectivity index (χ1n) is 6.44. The molecule has 2 amide bonds. The molecule has 0 spiro atoms. The van der Waals surface area contributed by atoms with Gasteiger partial charge in [0, 0.05) is 20.2 Å². The Morgan fingerprint density at radius 2 is 1.85 bits per heavy atom. The van der Waals surface area contributed by atoms with Gasteiger partial charge in [0.15, 0.2) is 0 Å². The second-order valence-electron chi connectivity index (χ2n) is 4.02. The van der Waals surface area contributed by atoms with Crippen LogP contribution in [0.3, 0.4) is 0 Å². The molecule has 0 aromatic heterocycles. The number of ether oxygens (including phenoxy) is 2. The predicted molar refractivity (Wildman–Crippen MR) is 74.5 cm³/mol. The Hall–Kier alpha value is -2.08. The van der Waals surface area contributed by atoms with Crippen molar-refractivity contribution in [3.63, 3.8) is 0 Å². The fraction of sp³-hybridized carbons (Fsp3) is 0.429. The first kappa shape index (κ1) is 16.0. The Morgan fingerprint density at radius 1 is 1.15 bits per heavy atom. The van der Waals surface area contributed by atoms with Crippen LogP contribution >= 0.6 is 0 Å². The normalized spacial score (nSPS) is 9.90. The maximum atomic E-state index is 11.5. The number of carbonyl (C=O) groups is 2. The highest BCUT2D eigenvalue weighted by molar-refractivity contribution is 5.89. The van der Waals surface area contributed by atoms with Gasteiger partial charge in [0.2, 0.25) is 0 Å². The van der Waals surface area contributed by atoms with E-state index in [1.165, 1.54) is 0 Å². The number of esters is 1. The minimum Gasteiger partial charge on any atom is -0.462 e. The lowest BCUT2D eigenvalue weighted by Crippen LogP contribution is -2.36. The van der Waals surface area contributed by atoms with Crippen LogP contribution in [0, 0.1) is 0 Å². The number of rotatable bonds is 7. The molecule has 0 aliphatic heterocycles. The van der Waals surface area contributed by atoms with Crippen LogP contribution in [0.5, 0.6) is 0 Å². The minimum absolute atomic E-state index is 0.253. The molecular weight excluding hydrogens is 260 g/mol. The summed E-state index contributed by atoms with van der Waals surface area (Å²) in [4.78, 5) is 22.9. The van der Waals surface area contributed by atoms with E-state index in [9.17, 15) is 9.59 Å². The van der Waals surface area contributed by atoms with Gasteiger partial charge in [-0.1, -0.05) is 12.1 Å². The Morgan fingerprint density at radius 3 is 2.45 bits per heavy atom. The van der Waals surface area contributed by atoms with Crippen molar-refractivity contribution < 1.29 is 19.1 Å². The zero-order chi connectivity index (χ0) is 14.8. The molecule has 0 aliphatic rings. The Labute approximate surface area is 118 Å². The number of amides is 2. The third kappa shape index (κ3) is 5.71. The van der Waals surface area contributed by atoms with Crippen molar-refractivity contribution in [3.05, 3.63) is 35.4 Å². The van der Waals surface area contributed by atoms with Crippen LogP contribution in [0.4, 0.5) is 4.79 Å². The van der Waals surface area contributed by atoms with Crippen LogP contribution in [0.2, 0.25) is 0 Å². The van der Waals surface area contributed by atoms with E-state index in [0.717, 1.165) is 5.56 Å². The molecule has 20 heavy (non-hydrogen) atoms. The first-order valence-corrected chi connectivity index (χ1v) is 6.44. The Balaban J connectivity index is 2.38. The van der Waals surface area contributed by atoms with Gasteiger partial charge in [-0.2, -0.15) is 0 Å². The Kier molecular flexibility index (Phi) is 7.13. The van der Waals surface area contributed by atoms with Gasteiger partial charge >= 0.3 is 12.0 Å². The van der Waals surface area contributed by atoms with Crippen molar-refractivity contribution in [2.75, 3.05) is 26.9 Å². The third-order valence-electron chi connectivity index (χ3n) is 2.51. The molecule has 0 aliphatic carbocycles. The summed E-state index contributed by atoms with van der Waals surface area (Å²) >= 11 is 0. The minimum atomic E-state index is -0.343. The molecule has 0 radical (unpaired) electrons. The number of hydrogen-bond donors (Lipinski definition) is 2. The Bertz CT molecular complexity index is 431. The first-order chi connectivity index (χ1) is 9.67. The number of hydrogen-bond acceptors (Lipinski definition) is 4. The van der Waals surface area contributed by atoms with Crippen molar-refractivity contribution in [2.24, 2.45) is 0 Å². The SMILES string of the molecule is CCOC(=O)c1ccc(CNC(=O)NCCOC)cc1. The molecule has 0 heterocycles. The molecule has 1 aromatic carbocycles. The quantitative estimate of drug-likeness (QED) is 0.583. The molecule has 0 saturated heterocycles. The van der Waals surface area contributed by atoms with Crippen LogP contribution in [-0.2, 0) is 16.0 Å². The van der Waals surface area contributed by atoms with E-state index < -0.39 is 0 Å². The van der Waals surface area contributed by atoms with Crippen molar-refractivity contribution in [3.8, 4) is 0 Å². The average Bonchev–Trinajstić information content (AvgIpc) is 2.46. The number of nitrogens with one attached hydrogen (secondary N) is 2. The van der Waals surface area contributed by atoms with Gasteiger partial charge in [0.05, 0.1) is 18.8 Å². The smallest absolute Gasteiger partial charge is 0.338 e. The highest BCUT2D eigenvalue weighted by Gasteiger charge is 2.06. The van der Waals surface area contributed by atoms with Crippen LogP contribution in [-0.4, -0.2) is 38.9 Å². The van der Waals surface area contributed by atoms with Crippen LogP contribution < -0.4 is 10.6 Å². The lowest BCUT2D eigenvalue weighted by Gasteiger charge is -2.08. The fourth-order valence-corrected chi connectivity index (χ4v) is 1.48. The van der Waals surface area contributed by atoms with E-state index in [0.29, 0.717) is 31.9 Å². The molecule has 6 nitrogen and oxygen atoms in total. The van der Waals surface area contributed by atoms with Crippen LogP contribution in [0.25, 0.3) is 0 Å². The maximum absolute atomic E-state index is 11.5. The molecule has 0 bridgehead atoms. The van der Waals surface area contributed by atoms with Crippen molar-refractivity contribution in [2.45, 2.75) is 13.5 Å². The number of carbonyl (C=O) groups excluding carboxylic acids is 2. The summed E-state index contributed by atoms with van der Waals surface area (Å²) in [5.41, 5.74) is 1.40. The molecule has 2 N–H and O–H groups in total. The van der Waals surface area contributed by atoms with Crippen molar-refractivity contribution >= 4 is 12.0 Å². The van der Waals surface area contributed by atoms with Crippen molar-refractivity contribution in [1.82, 2.24) is 10.6 Å². The van der Waals surface area contributed by atoms with Gasteiger partial charge < -0.3 is 20.1 Å². The summed E-state index contributed by atoms with van der Waals surface area (Å²) in [6.07, 6.45) is 0. The van der Waals surface area contributed by atoms with E-state index >= 15 is 0 Å². The molecule has 1 aromatic rings. The lowest BCUT2D eigenvalue weighted by molar-refractivity contribution is 0.0526. The highest BCUT2D eigenvalue weighted by atomic mass is 16.5. The predicted octanol–water partition coefficient (Wildman–Crippen LogP) is 1.31. The topological polar surface area (TPSA) is 76.7 Å². The molecular formula is C14H20N2O4. The average molecular weight is 280 g/mol. The van der Waals surface area contributed by atoms with E-state index in [2.05, 4.69) is 10.6 Å². The second kappa shape index (κ2) is 8.92. The molecule has 1 rings (SSSR count). The third-order valence-corrected chi connectivity index (χ3v) is 2.51. The highest BCUT2D eigenvalue weighted by Crippen LogP contribution is 2.05. The monoisotopic (exact) mass is 280 g/mol. The van der Waals surface area contributed by atoms with E-state index in [4.69, 9.17) is 9.47 Å². The molecule has 6 heteroatoms. The molecule has 0 unspecified atom stereocenters. The number of methoxy groups -OCH3 is 1.